The molecule has 1 aromatic carbocycles. The standard InChI is InChI=1S/C21H28ClN5O2/c1-25(19-6-8-23-21(24-19)27-10-12-29-13-11-27)17-7-9-26(15-17)14-16-4-3-5-18(28-2)20(16)22/h3-6,8,17H,7,9-15H2,1-2H3. The van der Waals surface area contributed by atoms with Gasteiger partial charge in [-0.1, -0.05) is 23.7 Å². The monoisotopic (exact) mass is 417 g/mol. The van der Waals surface area contributed by atoms with Gasteiger partial charge >= 0.3 is 0 Å². The number of rotatable bonds is 6. The largest absolute Gasteiger partial charge is 0.495 e. The molecule has 1 unspecified atom stereocenters. The van der Waals surface area contributed by atoms with Crippen LogP contribution in [0.3, 0.4) is 0 Å². The minimum Gasteiger partial charge on any atom is -0.495 e. The van der Waals surface area contributed by atoms with E-state index in [1.165, 1.54) is 0 Å². The van der Waals surface area contributed by atoms with Gasteiger partial charge in [-0.05, 0) is 24.1 Å². The van der Waals surface area contributed by atoms with Crippen LogP contribution in [0.2, 0.25) is 5.02 Å². The van der Waals surface area contributed by atoms with E-state index in [-0.39, 0.29) is 0 Å². The second-order valence-corrected chi connectivity index (χ2v) is 7.91. The SMILES string of the molecule is COc1cccc(CN2CCC(N(C)c3ccnc(N4CCOCC4)n3)C2)c1Cl. The topological polar surface area (TPSA) is 54.0 Å². The van der Waals surface area contributed by atoms with Crippen molar-refractivity contribution >= 4 is 23.4 Å². The van der Waals surface area contributed by atoms with Crippen LogP contribution in [-0.4, -0.2) is 74.5 Å². The van der Waals surface area contributed by atoms with Crippen molar-refractivity contribution in [3.8, 4) is 5.75 Å². The van der Waals surface area contributed by atoms with Gasteiger partial charge in [0.25, 0.3) is 0 Å². The summed E-state index contributed by atoms with van der Waals surface area (Å²) in [5.41, 5.74) is 1.10. The molecule has 2 aliphatic rings. The Labute approximate surface area is 177 Å². The van der Waals surface area contributed by atoms with E-state index in [4.69, 9.17) is 26.1 Å². The van der Waals surface area contributed by atoms with Crippen molar-refractivity contribution in [3.63, 3.8) is 0 Å². The van der Waals surface area contributed by atoms with E-state index < -0.39 is 0 Å². The number of morpholine rings is 1. The first-order chi connectivity index (χ1) is 14.2. The molecule has 8 heteroatoms. The molecule has 1 aromatic heterocycles. The van der Waals surface area contributed by atoms with Crippen molar-refractivity contribution in [3.05, 3.63) is 41.0 Å². The van der Waals surface area contributed by atoms with Gasteiger partial charge in [0.15, 0.2) is 0 Å². The molecule has 0 N–H and O–H groups in total. The molecular formula is C21H28ClN5O2. The summed E-state index contributed by atoms with van der Waals surface area (Å²) in [4.78, 5) is 16.2. The number of halogens is 1. The Morgan fingerprint density at radius 1 is 1.24 bits per heavy atom. The summed E-state index contributed by atoms with van der Waals surface area (Å²) in [6.07, 6.45) is 2.95. The molecule has 0 saturated carbocycles. The van der Waals surface area contributed by atoms with Gasteiger partial charge in [-0.2, -0.15) is 4.98 Å². The molecule has 2 aromatic rings. The second-order valence-electron chi connectivity index (χ2n) is 7.54. The summed E-state index contributed by atoms with van der Waals surface area (Å²) in [5, 5.41) is 0.706. The molecule has 0 spiro atoms. The molecule has 0 bridgehead atoms. The number of aromatic nitrogens is 2. The van der Waals surface area contributed by atoms with Crippen molar-refractivity contribution in [2.24, 2.45) is 0 Å². The molecule has 2 aliphatic heterocycles. The zero-order chi connectivity index (χ0) is 20.2. The molecule has 2 saturated heterocycles. The minimum atomic E-state index is 0.409. The number of anilines is 2. The summed E-state index contributed by atoms with van der Waals surface area (Å²) < 4.78 is 10.8. The highest BCUT2D eigenvalue weighted by Gasteiger charge is 2.27. The highest BCUT2D eigenvalue weighted by Crippen LogP contribution is 2.30. The van der Waals surface area contributed by atoms with E-state index in [2.05, 4.69) is 32.8 Å². The fourth-order valence-electron chi connectivity index (χ4n) is 3.99. The lowest BCUT2D eigenvalue weighted by molar-refractivity contribution is 0.122. The van der Waals surface area contributed by atoms with Gasteiger partial charge in [0.2, 0.25) is 5.95 Å². The average Bonchev–Trinajstić information content (AvgIpc) is 3.24. The van der Waals surface area contributed by atoms with Crippen molar-refractivity contribution in [2.45, 2.75) is 19.0 Å². The Morgan fingerprint density at radius 3 is 2.86 bits per heavy atom. The number of methoxy groups -OCH3 is 1. The lowest BCUT2D eigenvalue weighted by atomic mass is 10.2. The first-order valence-corrected chi connectivity index (χ1v) is 10.5. The van der Waals surface area contributed by atoms with Gasteiger partial charge < -0.3 is 19.3 Å². The zero-order valence-electron chi connectivity index (χ0n) is 17.1. The molecule has 1 atom stereocenters. The predicted molar refractivity (Wildman–Crippen MR) is 115 cm³/mol. The van der Waals surface area contributed by atoms with E-state index in [1.807, 2.05) is 24.4 Å². The molecule has 0 radical (unpaired) electrons. The minimum absolute atomic E-state index is 0.409. The third-order valence-electron chi connectivity index (χ3n) is 5.74. The quantitative estimate of drug-likeness (QED) is 0.716. The summed E-state index contributed by atoms with van der Waals surface area (Å²) in [7, 11) is 3.77. The first-order valence-electron chi connectivity index (χ1n) is 10.1. The third-order valence-corrected chi connectivity index (χ3v) is 6.16. The Balaban J connectivity index is 1.40. The van der Waals surface area contributed by atoms with Crippen LogP contribution in [0.1, 0.15) is 12.0 Å². The lowest BCUT2D eigenvalue weighted by Gasteiger charge is -2.29. The van der Waals surface area contributed by atoms with Gasteiger partial charge in [0, 0.05) is 52.0 Å². The van der Waals surface area contributed by atoms with Crippen LogP contribution in [0.15, 0.2) is 30.5 Å². The number of hydrogen-bond acceptors (Lipinski definition) is 7. The molecule has 0 amide bonds. The zero-order valence-corrected chi connectivity index (χ0v) is 17.8. The molecule has 4 rings (SSSR count). The Morgan fingerprint density at radius 2 is 2.07 bits per heavy atom. The van der Waals surface area contributed by atoms with Crippen LogP contribution < -0.4 is 14.5 Å². The fraction of sp³-hybridized carbons (Fsp3) is 0.524. The van der Waals surface area contributed by atoms with E-state index >= 15 is 0 Å². The van der Waals surface area contributed by atoms with Crippen molar-refractivity contribution < 1.29 is 9.47 Å². The van der Waals surface area contributed by atoms with Gasteiger partial charge in [-0.15, -0.1) is 0 Å². The number of ether oxygens (including phenoxy) is 2. The van der Waals surface area contributed by atoms with Gasteiger partial charge in [-0.25, -0.2) is 4.98 Å². The van der Waals surface area contributed by atoms with Crippen LogP contribution in [0.4, 0.5) is 11.8 Å². The molecular weight excluding hydrogens is 390 g/mol. The van der Waals surface area contributed by atoms with E-state index in [0.29, 0.717) is 11.1 Å². The maximum absolute atomic E-state index is 6.48. The van der Waals surface area contributed by atoms with Gasteiger partial charge in [0.05, 0.1) is 25.3 Å². The molecule has 3 heterocycles. The molecule has 29 heavy (non-hydrogen) atoms. The Kier molecular flexibility index (Phi) is 6.37. The van der Waals surface area contributed by atoms with Crippen molar-refractivity contribution in [2.75, 3.05) is 63.4 Å². The number of likely N-dealkylation sites (tertiary alicyclic amines) is 1. The number of benzene rings is 1. The number of hydrogen-bond donors (Lipinski definition) is 0. The third kappa shape index (κ3) is 4.57. The average molecular weight is 418 g/mol. The summed E-state index contributed by atoms with van der Waals surface area (Å²) >= 11 is 6.48. The van der Waals surface area contributed by atoms with Crippen LogP contribution in [0.25, 0.3) is 0 Å². The maximum Gasteiger partial charge on any atom is 0.227 e. The fourth-order valence-corrected chi connectivity index (χ4v) is 4.25. The van der Waals surface area contributed by atoms with E-state index in [9.17, 15) is 0 Å². The van der Waals surface area contributed by atoms with Crippen LogP contribution in [0, 0.1) is 0 Å². The summed E-state index contributed by atoms with van der Waals surface area (Å²) in [6, 6.07) is 8.36. The van der Waals surface area contributed by atoms with E-state index in [0.717, 1.165) is 75.4 Å². The Hall–Kier alpha value is -2.09. The van der Waals surface area contributed by atoms with Gasteiger partial charge in [0.1, 0.15) is 11.6 Å². The van der Waals surface area contributed by atoms with Crippen molar-refractivity contribution in [1.82, 2.24) is 14.9 Å². The van der Waals surface area contributed by atoms with Crippen LogP contribution >= 0.6 is 11.6 Å². The highest BCUT2D eigenvalue weighted by molar-refractivity contribution is 6.32. The van der Waals surface area contributed by atoms with Crippen LogP contribution in [-0.2, 0) is 11.3 Å². The first kappa shape index (κ1) is 20.2. The number of likely N-dealkylation sites (N-methyl/N-ethyl adjacent to an activating group) is 1. The Bertz CT molecular complexity index is 830. The van der Waals surface area contributed by atoms with E-state index in [1.54, 1.807) is 7.11 Å². The smallest absolute Gasteiger partial charge is 0.227 e. The van der Waals surface area contributed by atoms with Gasteiger partial charge in [-0.3, -0.25) is 4.90 Å². The molecule has 7 nitrogen and oxygen atoms in total. The van der Waals surface area contributed by atoms with Crippen LogP contribution in [0.5, 0.6) is 5.75 Å². The lowest BCUT2D eigenvalue weighted by Crippen LogP contribution is -2.38. The molecule has 156 valence electrons. The van der Waals surface area contributed by atoms with Crippen molar-refractivity contribution in [1.29, 1.82) is 0 Å². The molecule has 2 fully saturated rings. The second kappa shape index (κ2) is 9.15. The normalized spacial score (nSPS) is 20.1. The summed E-state index contributed by atoms with van der Waals surface area (Å²) in [6.45, 7) is 5.97. The predicted octanol–water partition coefficient (Wildman–Crippen LogP) is 2.69. The molecule has 0 aliphatic carbocycles. The number of nitrogens with zero attached hydrogens (tertiary/aromatic N) is 5. The maximum atomic E-state index is 6.48. The highest BCUT2D eigenvalue weighted by atomic mass is 35.5. The summed E-state index contributed by atoms with van der Waals surface area (Å²) in [5.74, 6) is 2.48.